The van der Waals surface area contributed by atoms with E-state index in [0.717, 1.165) is 82.2 Å². The van der Waals surface area contributed by atoms with E-state index in [-0.39, 0.29) is 24.0 Å². The maximum Gasteiger partial charge on any atom is 0.193 e. The Hall–Kier alpha value is -0.870. The van der Waals surface area contributed by atoms with E-state index in [1.165, 1.54) is 18.5 Å². The molecular formula is C19H34IN5O2. The summed E-state index contributed by atoms with van der Waals surface area (Å²) in [6.45, 7) is 15.0. The molecule has 3 heterocycles. The van der Waals surface area contributed by atoms with Gasteiger partial charge in [-0.15, -0.1) is 24.0 Å². The number of aliphatic imine (C=N–C) groups is 1. The zero-order valence-corrected chi connectivity index (χ0v) is 19.2. The van der Waals surface area contributed by atoms with Crippen LogP contribution in [0.15, 0.2) is 9.52 Å². The first-order valence-corrected chi connectivity index (χ1v) is 9.92. The van der Waals surface area contributed by atoms with Crippen molar-refractivity contribution in [2.75, 3.05) is 59.0 Å². The van der Waals surface area contributed by atoms with Gasteiger partial charge in [0.1, 0.15) is 5.76 Å². The van der Waals surface area contributed by atoms with Crippen molar-refractivity contribution in [2.45, 2.75) is 33.6 Å². The monoisotopic (exact) mass is 491 g/mol. The highest BCUT2D eigenvalue weighted by atomic mass is 127. The van der Waals surface area contributed by atoms with Crippen LogP contribution in [0.4, 0.5) is 0 Å². The van der Waals surface area contributed by atoms with Gasteiger partial charge in [-0.25, -0.2) is 0 Å². The van der Waals surface area contributed by atoms with Crippen molar-refractivity contribution >= 4 is 29.9 Å². The van der Waals surface area contributed by atoms with Crippen LogP contribution in [0.1, 0.15) is 30.4 Å². The Balaban J connectivity index is 0.00000261. The molecular weight excluding hydrogens is 457 g/mol. The summed E-state index contributed by atoms with van der Waals surface area (Å²) in [6, 6.07) is 0. The second-order valence-electron chi connectivity index (χ2n) is 7.30. The van der Waals surface area contributed by atoms with E-state index in [2.05, 4.69) is 27.2 Å². The minimum atomic E-state index is 0. The van der Waals surface area contributed by atoms with Crippen molar-refractivity contribution in [1.82, 2.24) is 20.3 Å². The smallest absolute Gasteiger partial charge is 0.193 e. The number of nitrogens with one attached hydrogen (secondary N) is 1. The van der Waals surface area contributed by atoms with Crippen LogP contribution in [0.5, 0.6) is 0 Å². The highest BCUT2D eigenvalue weighted by Crippen LogP contribution is 2.18. The van der Waals surface area contributed by atoms with E-state index >= 15 is 0 Å². The third-order valence-electron chi connectivity index (χ3n) is 5.34. The first-order valence-electron chi connectivity index (χ1n) is 9.92. The maximum atomic E-state index is 5.45. The summed E-state index contributed by atoms with van der Waals surface area (Å²) in [6.07, 6.45) is 2.12. The van der Waals surface area contributed by atoms with E-state index in [1.807, 2.05) is 13.8 Å². The van der Waals surface area contributed by atoms with Crippen LogP contribution in [0.3, 0.4) is 0 Å². The normalized spacial score (nSPS) is 21.4. The van der Waals surface area contributed by atoms with Gasteiger partial charge in [0.25, 0.3) is 0 Å². The number of aryl methyl sites for hydroxylation is 2. The van der Waals surface area contributed by atoms with Gasteiger partial charge in [-0.05, 0) is 39.5 Å². The van der Waals surface area contributed by atoms with Crippen LogP contribution in [-0.4, -0.2) is 79.9 Å². The molecule has 2 fully saturated rings. The second kappa shape index (κ2) is 11.2. The topological polar surface area (TPSA) is 66.1 Å². The van der Waals surface area contributed by atoms with Crippen molar-refractivity contribution in [2.24, 2.45) is 10.9 Å². The number of hydrogen-bond acceptors (Lipinski definition) is 5. The van der Waals surface area contributed by atoms with Crippen molar-refractivity contribution in [1.29, 1.82) is 0 Å². The Morgan fingerprint density at radius 2 is 2.04 bits per heavy atom. The number of ether oxygens (including phenoxy) is 1. The molecule has 1 aromatic heterocycles. The molecule has 27 heavy (non-hydrogen) atoms. The lowest BCUT2D eigenvalue weighted by Gasteiger charge is -2.29. The molecule has 2 aliphatic rings. The number of guanidine groups is 1. The number of halogens is 1. The predicted octanol–water partition coefficient (Wildman–Crippen LogP) is 2.07. The van der Waals surface area contributed by atoms with Crippen LogP contribution in [0.25, 0.3) is 0 Å². The molecule has 1 atom stereocenters. The number of morpholine rings is 1. The number of likely N-dealkylation sites (tertiary alicyclic amines) is 1. The Morgan fingerprint density at radius 3 is 2.70 bits per heavy atom. The largest absolute Gasteiger partial charge is 0.379 e. The number of nitrogens with zero attached hydrogens (tertiary/aromatic N) is 4. The van der Waals surface area contributed by atoms with Crippen LogP contribution < -0.4 is 5.32 Å². The van der Waals surface area contributed by atoms with E-state index in [1.54, 1.807) is 0 Å². The van der Waals surface area contributed by atoms with Crippen LogP contribution in [0, 0.1) is 19.8 Å². The Morgan fingerprint density at radius 1 is 1.26 bits per heavy atom. The third kappa shape index (κ3) is 6.32. The van der Waals surface area contributed by atoms with Gasteiger partial charge >= 0.3 is 0 Å². The van der Waals surface area contributed by atoms with Crippen molar-refractivity contribution < 1.29 is 9.26 Å². The summed E-state index contributed by atoms with van der Waals surface area (Å²) >= 11 is 0. The molecule has 154 valence electrons. The number of aromatic nitrogens is 1. The highest BCUT2D eigenvalue weighted by molar-refractivity contribution is 14.0. The predicted molar refractivity (Wildman–Crippen MR) is 118 cm³/mol. The molecule has 0 bridgehead atoms. The Bertz CT molecular complexity index is 581. The lowest BCUT2D eigenvalue weighted by molar-refractivity contribution is 0.0315. The highest BCUT2D eigenvalue weighted by Gasteiger charge is 2.27. The molecule has 8 heteroatoms. The molecule has 2 aliphatic heterocycles. The van der Waals surface area contributed by atoms with Gasteiger partial charge in [-0.1, -0.05) is 5.16 Å². The zero-order valence-electron chi connectivity index (χ0n) is 16.9. The molecule has 0 amide bonds. The summed E-state index contributed by atoms with van der Waals surface area (Å²) in [4.78, 5) is 9.82. The lowest BCUT2D eigenvalue weighted by atomic mass is 10.1. The molecule has 0 spiro atoms. The molecule has 3 rings (SSSR count). The maximum absolute atomic E-state index is 5.45. The Labute approximate surface area is 179 Å². The fourth-order valence-corrected chi connectivity index (χ4v) is 3.88. The zero-order chi connectivity index (χ0) is 18.4. The van der Waals surface area contributed by atoms with Gasteiger partial charge in [0.05, 0.1) is 18.9 Å². The van der Waals surface area contributed by atoms with Gasteiger partial charge in [-0.2, -0.15) is 0 Å². The van der Waals surface area contributed by atoms with E-state index in [9.17, 15) is 0 Å². The minimum Gasteiger partial charge on any atom is -0.379 e. The summed E-state index contributed by atoms with van der Waals surface area (Å²) < 4.78 is 10.7. The summed E-state index contributed by atoms with van der Waals surface area (Å²) in [5.74, 6) is 2.68. The summed E-state index contributed by atoms with van der Waals surface area (Å²) in [5.41, 5.74) is 2.17. The lowest BCUT2D eigenvalue weighted by Crippen LogP contribution is -2.42. The molecule has 0 aliphatic carbocycles. The van der Waals surface area contributed by atoms with Gasteiger partial charge in [0, 0.05) is 51.4 Å². The van der Waals surface area contributed by atoms with E-state index < -0.39 is 0 Å². The first kappa shape index (κ1) is 22.4. The van der Waals surface area contributed by atoms with Gasteiger partial charge in [-0.3, -0.25) is 9.89 Å². The molecule has 7 nitrogen and oxygen atoms in total. The van der Waals surface area contributed by atoms with Gasteiger partial charge < -0.3 is 19.5 Å². The van der Waals surface area contributed by atoms with Crippen LogP contribution >= 0.6 is 24.0 Å². The molecule has 1 unspecified atom stereocenters. The van der Waals surface area contributed by atoms with E-state index in [0.29, 0.717) is 0 Å². The van der Waals surface area contributed by atoms with Crippen LogP contribution in [0.2, 0.25) is 0 Å². The van der Waals surface area contributed by atoms with Crippen molar-refractivity contribution in [3.63, 3.8) is 0 Å². The first-order chi connectivity index (χ1) is 12.7. The fourth-order valence-electron chi connectivity index (χ4n) is 3.88. The molecule has 0 saturated carbocycles. The van der Waals surface area contributed by atoms with Gasteiger partial charge in [0.2, 0.25) is 0 Å². The molecule has 2 saturated heterocycles. The number of hydrogen-bond donors (Lipinski definition) is 1. The Kier molecular flexibility index (Phi) is 9.31. The quantitative estimate of drug-likeness (QED) is 0.374. The van der Waals surface area contributed by atoms with Crippen molar-refractivity contribution in [3.8, 4) is 0 Å². The standard InChI is InChI=1S/C19H33N5O2.HI/c1-4-20-19(21-7-5-18-15(2)22-26-16(18)3)24-8-6-17(14-24)13-23-9-11-25-12-10-23;/h17H,4-14H2,1-3H3,(H,20,21);1H. The third-order valence-corrected chi connectivity index (χ3v) is 5.34. The van der Waals surface area contributed by atoms with Gasteiger partial charge in [0.15, 0.2) is 5.96 Å². The van der Waals surface area contributed by atoms with Crippen LogP contribution in [-0.2, 0) is 11.2 Å². The summed E-state index contributed by atoms with van der Waals surface area (Å²) in [7, 11) is 0. The minimum absolute atomic E-state index is 0. The number of rotatable bonds is 6. The average molecular weight is 491 g/mol. The molecule has 0 aromatic carbocycles. The van der Waals surface area contributed by atoms with E-state index in [4.69, 9.17) is 14.3 Å². The second-order valence-corrected chi connectivity index (χ2v) is 7.30. The van der Waals surface area contributed by atoms with Crippen molar-refractivity contribution in [3.05, 3.63) is 17.0 Å². The fraction of sp³-hybridized carbons (Fsp3) is 0.789. The SMILES string of the molecule is CCNC(=NCCc1c(C)noc1C)N1CCC(CN2CCOCC2)C1.I. The average Bonchev–Trinajstić information content (AvgIpc) is 3.23. The molecule has 1 N–H and O–H groups in total. The molecule has 1 aromatic rings. The summed E-state index contributed by atoms with van der Waals surface area (Å²) in [5, 5.41) is 7.49. The molecule has 0 radical (unpaired) electrons.